The van der Waals surface area contributed by atoms with Crippen molar-refractivity contribution in [3.63, 3.8) is 0 Å². The van der Waals surface area contributed by atoms with Gasteiger partial charge in [0.2, 0.25) is 0 Å². The smallest absolute Gasteiger partial charge is 0.0653 e. The van der Waals surface area contributed by atoms with Crippen molar-refractivity contribution in [2.24, 2.45) is 91.2 Å². The van der Waals surface area contributed by atoms with Crippen molar-refractivity contribution >= 4 is 0 Å². The summed E-state index contributed by atoms with van der Waals surface area (Å²) < 4.78 is 0. The van der Waals surface area contributed by atoms with Crippen molar-refractivity contribution in [2.75, 3.05) is 0 Å². The topological polar surface area (TPSA) is 20.2 Å². The molecule has 0 aromatic rings. The lowest BCUT2D eigenvalue weighted by atomic mass is 9.60. The lowest BCUT2D eigenvalue weighted by Crippen LogP contribution is -2.44. The Morgan fingerprint density at radius 1 is 0.521 bits per heavy atom. The van der Waals surface area contributed by atoms with Crippen LogP contribution >= 0.6 is 0 Å². The minimum Gasteiger partial charge on any atom is -0.390 e. The van der Waals surface area contributed by atoms with Crippen LogP contribution in [-0.4, -0.2) is 10.7 Å². The molecule has 1 nitrogen and oxygen atoms in total. The molecule has 9 rings (SSSR count). The van der Waals surface area contributed by atoms with E-state index in [-0.39, 0.29) is 7.43 Å². The fraction of sp³-hybridized carbons (Fsp3) is 0.957. The van der Waals surface area contributed by atoms with Gasteiger partial charge in [-0.3, -0.25) is 0 Å². The van der Waals surface area contributed by atoms with E-state index < -0.39 is 5.60 Å². The van der Waals surface area contributed by atoms with Crippen LogP contribution in [0, 0.1) is 91.2 Å². The predicted molar refractivity (Wildman–Crippen MR) is 207 cm³/mol. The Balaban J connectivity index is 0.000000124. The standard InChI is InChI=1S/C16H28.C15H26O.C15H24.CH4/c1-11-6-7-12-15(4,5)13-10-16(11,12)9-8-14(13,2)3;1-10-5-6-11-13(2,3)12-9-15(10,11)8-7-14(12,4)16;1-10-7-8-15-9-12(10)14(3,4)13(15)6-5-11(15)2;/h11-13H,6-10H2,1-5H3;10-12,16H,5-9H2,1-4H3;7,11-13H,5-6,8-9H2,1-4H3;1H4/t11-,12?,13+,16+;10-,11?,12-,14-,15+;11-,12+,13?,15+;/m111./s1. The van der Waals surface area contributed by atoms with E-state index in [9.17, 15) is 5.11 Å². The van der Waals surface area contributed by atoms with Crippen LogP contribution in [0.4, 0.5) is 0 Å². The average molecular weight is 663 g/mol. The highest BCUT2D eigenvalue weighted by Gasteiger charge is 2.69. The molecule has 0 aromatic heterocycles. The summed E-state index contributed by atoms with van der Waals surface area (Å²) in [7, 11) is 0. The SMILES string of the molecule is C.CC1=CC[C@@]23C[C@@H]1C(C)(C)C2CC[C@H]3C.C[C@@H]1CCC2C(C)(C)[C@H]3C[C@]21CCC3(C)C.C[C@@H]1CCC2C(C)(C)[C@H]3C[C@]21CC[C@@]3(C)O. The summed E-state index contributed by atoms with van der Waals surface area (Å²) >= 11 is 0. The predicted octanol–water partition coefficient (Wildman–Crippen LogP) is 13.5. The van der Waals surface area contributed by atoms with Crippen LogP contribution in [0.25, 0.3) is 0 Å². The Labute approximate surface area is 300 Å². The number of aliphatic hydroxyl groups is 1. The van der Waals surface area contributed by atoms with Gasteiger partial charge in [0, 0.05) is 0 Å². The van der Waals surface area contributed by atoms with Crippen molar-refractivity contribution in [3.8, 4) is 0 Å². The molecule has 0 amide bonds. The Kier molecular flexibility index (Phi) is 8.86. The summed E-state index contributed by atoms with van der Waals surface area (Å²) in [6, 6.07) is 0. The second-order valence-electron chi connectivity index (χ2n) is 23.0. The van der Waals surface area contributed by atoms with E-state index >= 15 is 0 Å². The van der Waals surface area contributed by atoms with Crippen molar-refractivity contribution in [3.05, 3.63) is 11.6 Å². The molecule has 0 saturated heterocycles. The fourth-order valence-electron chi connectivity index (χ4n) is 17.4. The van der Waals surface area contributed by atoms with Crippen LogP contribution < -0.4 is 0 Å². The Morgan fingerprint density at radius 2 is 0.958 bits per heavy atom. The summed E-state index contributed by atoms with van der Waals surface area (Å²) in [6.45, 7) is 32.1. The number of fused-ring (bicyclic) bond motifs is 3. The molecule has 13 atom stereocenters. The molecule has 276 valence electrons. The van der Waals surface area contributed by atoms with Gasteiger partial charge in [-0.2, -0.15) is 0 Å². The van der Waals surface area contributed by atoms with E-state index in [1.807, 2.05) is 0 Å². The number of allylic oxidation sites excluding steroid dienone is 2. The molecule has 0 radical (unpaired) electrons. The summed E-state index contributed by atoms with van der Waals surface area (Å²) in [5.74, 6) is 8.14. The molecule has 3 spiro atoms. The fourth-order valence-corrected chi connectivity index (χ4v) is 17.4. The molecule has 0 heterocycles. The molecule has 1 heteroatoms. The summed E-state index contributed by atoms with van der Waals surface area (Å²) in [6.07, 6.45) is 22.4. The van der Waals surface area contributed by atoms with E-state index in [2.05, 4.69) is 96.1 Å². The zero-order valence-electron chi connectivity index (χ0n) is 33.6. The molecule has 1 N–H and O–H groups in total. The average Bonchev–Trinajstić information content (AvgIpc) is 3.72. The molecule has 6 bridgehead atoms. The van der Waals surface area contributed by atoms with E-state index in [0.717, 1.165) is 59.2 Å². The Bertz CT molecular complexity index is 1190. The van der Waals surface area contributed by atoms with Gasteiger partial charge in [0.05, 0.1) is 5.60 Å². The Hall–Kier alpha value is -0.300. The summed E-state index contributed by atoms with van der Waals surface area (Å²) in [5, 5.41) is 10.6. The van der Waals surface area contributed by atoms with Crippen LogP contribution in [0.2, 0.25) is 0 Å². The maximum Gasteiger partial charge on any atom is 0.0653 e. The van der Waals surface area contributed by atoms with Gasteiger partial charge in [0.25, 0.3) is 0 Å². The summed E-state index contributed by atoms with van der Waals surface area (Å²) in [4.78, 5) is 0. The van der Waals surface area contributed by atoms with Gasteiger partial charge >= 0.3 is 0 Å². The second kappa shape index (κ2) is 11.3. The van der Waals surface area contributed by atoms with Crippen LogP contribution in [0.5, 0.6) is 0 Å². The third-order valence-electron chi connectivity index (χ3n) is 20.2. The van der Waals surface area contributed by atoms with Crippen LogP contribution in [0.3, 0.4) is 0 Å². The van der Waals surface area contributed by atoms with Crippen LogP contribution in [0.15, 0.2) is 11.6 Å². The molecular formula is C47H82O. The van der Waals surface area contributed by atoms with Crippen molar-refractivity contribution in [2.45, 2.75) is 193 Å². The first-order valence-electron chi connectivity index (χ1n) is 21.0. The molecular weight excluding hydrogens is 581 g/mol. The zero-order chi connectivity index (χ0) is 34.4. The highest BCUT2D eigenvalue weighted by atomic mass is 16.3. The van der Waals surface area contributed by atoms with Gasteiger partial charge in [-0.25, -0.2) is 0 Å². The third kappa shape index (κ3) is 4.82. The first-order valence-corrected chi connectivity index (χ1v) is 21.0. The van der Waals surface area contributed by atoms with Crippen LogP contribution in [-0.2, 0) is 0 Å². The van der Waals surface area contributed by atoms with E-state index in [1.54, 1.807) is 12.0 Å². The highest BCUT2D eigenvalue weighted by Crippen LogP contribution is 2.76. The van der Waals surface area contributed by atoms with Crippen molar-refractivity contribution in [1.29, 1.82) is 0 Å². The van der Waals surface area contributed by atoms with Crippen molar-refractivity contribution in [1.82, 2.24) is 0 Å². The molecule has 0 aliphatic heterocycles. The molecule has 9 aliphatic rings. The van der Waals surface area contributed by atoms with Gasteiger partial charge in [0.1, 0.15) is 0 Å². The number of rotatable bonds is 0. The van der Waals surface area contributed by atoms with E-state index in [4.69, 9.17) is 0 Å². The van der Waals surface area contributed by atoms with E-state index in [0.29, 0.717) is 38.4 Å². The van der Waals surface area contributed by atoms with E-state index in [1.165, 1.54) is 77.0 Å². The molecule has 3 unspecified atom stereocenters. The Morgan fingerprint density at radius 3 is 1.50 bits per heavy atom. The highest BCUT2D eigenvalue weighted by molar-refractivity contribution is 5.25. The minimum absolute atomic E-state index is 0. The first kappa shape index (κ1) is 37.5. The first-order chi connectivity index (χ1) is 21.6. The lowest BCUT2D eigenvalue weighted by Gasteiger charge is -2.45. The quantitative estimate of drug-likeness (QED) is 0.256. The van der Waals surface area contributed by atoms with Crippen LogP contribution in [0.1, 0.15) is 187 Å². The lowest BCUT2D eigenvalue weighted by molar-refractivity contribution is -0.0717. The maximum atomic E-state index is 10.6. The maximum absolute atomic E-state index is 10.6. The number of hydrogen-bond donors (Lipinski definition) is 1. The molecule has 0 aromatic carbocycles. The van der Waals surface area contributed by atoms with Gasteiger partial charge in [-0.05, 0) is 195 Å². The van der Waals surface area contributed by atoms with Gasteiger partial charge in [-0.1, -0.05) is 95.2 Å². The van der Waals surface area contributed by atoms with Gasteiger partial charge < -0.3 is 5.11 Å². The molecule has 48 heavy (non-hydrogen) atoms. The zero-order valence-corrected chi connectivity index (χ0v) is 33.6. The summed E-state index contributed by atoms with van der Waals surface area (Å²) in [5.41, 5.74) is 5.45. The monoisotopic (exact) mass is 663 g/mol. The molecule has 8 saturated carbocycles. The second-order valence-corrected chi connectivity index (χ2v) is 23.0. The van der Waals surface area contributed by atoms with Gasteiger partial charge in [0.15, 0.2) is 0 Å². The molecule has 8 fully saturated rings. The normalized spacial score (nSPS) is 53.2. The third-order valence-corrected chi connectivity index (χ3v) is 20.2. The largest absolute Gasteiger partial charge is 0.390 e. The number of hydrogen-bond acceptors (Lipinski definition) is 1. The molecule has 9 aliphatic carbocycles. The minimum atomic E-state index is -0.404. The van der Waals surface area contributed by atoms with Crippen molar-refractivity contribution < 1.29 is 5.11 Å². The van der Waals surface area contributed by atoms with Gasteiger partial charge in [-0.15, -0.1) is 0 Å².